The van der Waals surface area contributed by atoms with Crippen LogP contribution in [0.5, 0.6) is 0 Å². The zero-order chi connectivity index (χ0) is 17.5. The zero-order valence-electron chi connectivity index (χ0n) is 11.7. The van der Waals surface area contributed by atoms with Crippen LogP contribution in [0.1, 0.15) is 0 Å². The molecule has 0 aromatic rings. The minimum Gasteiger partial charge on any atom is -0.505 e. The van der Waals surface area contributed by atoms with Gasteiger partial charge < -0.3 is 50.3 Å². The highest BCUT2D eigenvalue weighted by Gasteiger charge is 2.65. The molecule has 11 heteroatoms. The van der Waals surface area contributed by atoms with Crippen LogP contribution >= 0.6 is 0 Å². The van der Waals surface area contributed by atoms with Crippen LogP contribution in [0.15, 0.2) is 11.5 Å². The van der Waals surface area contributed by atoms with E-state index in [1.54, 1.807) is 0 Å². The van der Waals surface area contributed by atoms with Crippen molar-refractivity contribution in [2.24, 2.45) is 0 Å². The number of hydrogen-bond donors (Lipinski definition) is 8. The third-order valence-corrected chi connectivity index (χ3v) is 4.03. The molecular formula is C12H18O11. The normalized spacial score (nSPS) is 42.7. The first-order chi connectivity index (χ1) is 10.7. The van der Waals surface area contributed by atoms with Gasteiger partial charge in [0.2, 0.25) is 11.4 Å². The molecule has 0 saturated carbocycles. The monoisotopic (exact) mass is 338 g/mol. The number of carbonyl (C=O) groups excluding carboxylic acids is 1. The van der Waals surface area contributed by atoms with Crippen molar-refractivity contribution in [1.82, 2.24) is 0 Å². The summed E-state index contributed by atoms with van der Waals surface area (Å²) >= 11 is 0. The summed E-state index contributed by atoms with van der Waals surface area (Å²) < 4.78 is 9.87. The molecule has 0 aliphatic carbocycles. The number of aliphatic hydroxyl groups excluding tert-OH is 8. The van der Waals surface area contributed by atoms with E-state index < -0.39 is 72.9 Å². The Labute approximate surface area is 129 Å². The second-order valence-corrected chi connectivity index (χ2v) is 5.33. The van der Waals surface area contributed by atoms with Gasteiger partial charge in [0.05, 0.1) is 13.2 Å². The molecule has 2 aliphatic heterocycles. The maximum atomic E-state index is 11.5. The highest BCUT2D eigenvalue weighted by atomic mass is 16.6. The van der Waals surface area contributed by atoms with Crippen LogP contribution < -0.4 is 0 Å². The summed E-state index contributed by atoms with van der Waals surface area (Å²) in [5.74, 6) is -3.94. The second kappa shape index (κ2) is 6.20. The van der Waals surface area contributed by atoms with Crippen LogP contribution in [0.4, 0.5) is 0 Å². The summed E-state index contributed by atoms with van der Waals surface area (Å²) in [5, 5.41) is 77.3. The molecule has 0 aromatic heterocycles. The number of ether oxygens (including phenoxy) is 2. The lowest BCUT2D eigenvalue weighted by atomic mass is 9.80. The van der Waals surface area contributed by atoms with Crippen molar-refractivity contribution in [3.63, 3.8) is 0 Å². The topological polar surface area (TPSA) is 197 Å². The minimum atomic E-state index is -2.62. The molecule has 1 saturated heterocycles. The molecule has 0 bridgehead atoms. The average molecular weight is 338 g/mol. The Kier molecular flexibility index (Phi) is 4.82. The maximum absolute atomic E-state index is 11.5. The van der Waals surface area contributed by atoms with E-state index in [1.165, 1.54) is 0 Å². The number of hydrogen-bond acceptors (Lipinski definition) is 11. The smallest absolute Gasteiger partial charge is 0.378 e. The summed E-state index contributed by atoms with van der Waals surface area (Å²) in [7, 11) is 0. The molecule has 1 fully saturated rings. The average Bonchev–Trinajstić information content (AvgIpc) is 2.77. The van der Waals surface area contributed by atoms with E-state index in [-0.39, 0.29) is 0 Å². The van der Waals surface area contributed by atoms with Gasteiger partial charge in [-0.25, -0.2) is 4.79 Å². The molecule has 0 spiro atoms. The Balaban J connectivity index is 2.51. The van der Waals surface area contributed by atoms with Gasteiger partial charge in [0, 0.05) is 0 Å². The van der Waals surface area contributed by atoms with Gasteiger partial charge in [-0.1, -0.05) is 0 Å². The van der Waals surface area contributed by atoms with Crippen molar-refractivity contribution in [1.29, 1.82) is 0 Å². The van der Waals surface area contributed by atoms with Crippen LogP contribution in [0.3, 0.4) is 0 Å². The second-order valence-electron chi connectivity index (χ2n) is 5.33. The molecule has 0 radical (unpaired) electrons. The third kappa shape index (κ3) is 2.46. The van der Waals surface area contributed by atoms with Crippen molar-refractivity contribution < 1.29 is 55.1 Å². The highest BCUT2D eigenvalue weighted by Crippen LogP contribution is 2.42. The van der Waals surface area contributed by atoms with Gasteiger partial charge in [0.1, 0.15) is 36.6 Å². The number of carbonyl (C=O) groups is 1. The van der Waals surface area contributed by atoms with Crippen LogP contribution in [0, 0.1) is 0 Å². The lowest BCUT2D eigenvalue weighted by molar-refractivity contribution is -0.283. The fraction of sp³-hybridized carbons (Fsp3) is 0.750. The van der Waals surface area contributed by atoms with Gasteiger partial charge in [-0.2, -0.15) is 0 Å². The van der Waals surface area contributed by atoms with E-state index in [4.69, 9.17) is 19.7 Å². The van der Waals surface area contributed by atoms with Gasteiger partial charge in [0.25, 0.3) is 0 Å². The molecule has 0 amide bonds. The summed E-state index contributed by atoms with van der Waals surface area (Å²) in [6.07, 6.45) is -11.0. The molecule has 23 heavy (non-hydrogen) atoms. The van der Waals surface area contributed by atoms with Gasteiger partial charge in [-0.3, -0.25) is 0 Å². The molecule has 132 valence electrons. The van der Waals surface area contributed by atoms with E-state index in [0.29, 0.717) is 0 Å². The summed E-state index contributed by atoms with van der Waals surface area (Å²) in [5.41, 5.74) is -2.62. The van der Waals surface area contributed by atoms with E-state index in [0.717, 1.165) is 0 Å². The first-order valence-electron chi connectivity index (χ1n) is 6.67. The molecule has 2 rings (SSSR count). The quantitative estimate of drug-likeness (QED) is 0.231. The predicted molar refractivity (Wildman–Crippen MR) is 68.0 cm³/mol. The van der Waals surface area contributed by atoms with E-state index >= 15 is 0 Å². The van der Waals surface area contributed by atoms with Crippen molar-refractivity contribution >= 4 is 5.97 Å². The van der Waals surface area contributed by atoms with Crippen molar-refractivity contribution in [2.45, 2.75) is 42.2 Å². The van der Waals surface area contributed by atoms with Gasteiger partial charge in [-0.05, 0) is 0 Å². The van der Waals surface area contributed by atoms with Crippen LogP contribution in [0.25, 0.3) is 0 Å². The van der Waals surface area contributed by atoms with Crippen LogP contribution in [0.2, 0.25) is 0 Å². The van der Waals surface area contributed by atoms with Gasteiger partial charge in [0.15, 0.2) is 5.76 Å². The Bertz CT molecular complexity index is 503. The van der Waals surface area contributed by atoms with Gasteiger partial charge in [-0.15, -0.1) is 0 Å². The fourth-order valence-electron chi connectivity index (χ4n) is 2.73. The van der Waals surface area contributed by atoms with Crippen LogP contribution in [-0.4, -0.2) is 102 Å². The van der Waals surface area contributed by atoms with Crippen LogP contribution in [-0.2, 0) is 14.3 Å². The first-order valence-corrected chi connectivity index (χ1v) is 6.67. The number of esters is 1. The standard InChI is InChI=1S/C12H18O11/c13-1-3-5(16)6(17)7(18)10(22-3)12(4(15)2-14)9(20)8(19)11(21)23-12/h3-7,10,13-20H,1-2H2/t3-,4+,5-,6+,7+,10?,12-/m1/s1. The number of aliphatic hydroxyl groups is 8. The Morgan fingerprint density at radius 2 is 1.70 bits per heavy atom. The molecule has 7 atom stereocenters. The van der Waals surface area contributed by atoms with Crippen molar-refractivity contribution in [3.05, 3.63) is 11.5 Å². The third-order valence-electron chi connectivity index (χ3n) is 4.03. The number of cyclic esters (lactones) is 1. The number of rotatable bonds is 4. The van der Waals surface area contributed by atoms with E-state index in [1.807, 2.05) is 0 Å². The summed E-state index contributed by atoms with van der Waals surface area (Å²) in [6, 6.07) is 0. The SMILES string of the molecule is O=C1O[C@](C2O[C@H](CO)[C@@H](O)[C@H](O)[C@@H]2O)([C@@H](O)CO)C(O)=C1O. The molecule has 11 nitrogen and oxygen atoms in total. The minimum absolute atomic E-state index is 0.808. The lowest BCUT2D eigenvalue weighted by Gasteiger charge is -2.47. The van der Waals surface area contributed by atoms with Gasteiger partial charge >= 0.3 is 5.97 Å². The maximum Gasteiger partial charge on any atom is 0.378 e. The molecule has 8 N–H and O–H groups in total. The summed E-state index contributed by atoms with van der Waals surface area (Å²) in [4.78, 5) is 11.5. The Hall–Kier alpha value is -1.47. The highest BCUT2D eigenvalue weighted by molar-refractivity contribution is 5.90. The van der Waals surface area contributed by atoms with E-state index in [9.17, 15) is 35.4 Å². The molecule has 0 aromatic carbocycles. The van der Waals surface area contributed by atoms with Crippen molar-refractivity contribution in [2.75, 3.05) is 13.2 Å². The molecule has 1 unspecified atom stereocenters. The predicted octanol–water partition coefficient (Wildman–Crippen LogP) is -4.19. The molecular weight excluding hydrogens is 320 g/mol. The Morgan fingerprint density at radius 3 is 2.13 bits per heavy atom. The largest absolute Gasteiger partial charge is 0.505 e. The Morgan fingerprint density at radius 1 is 1.09 bits per heavy atom. The fourth-order valence-corrected chi connectivity index (χ4v) is 2.73. The van der Waals surface area contributed by atoms with E-state index in [2.05, 4.69) is 0 Å². The lowest BCUT2D eigenvalue weighted by Crippen LogP contribution is -2.69. The zero-order valence-corrected chi connectivity index (χ0v) is 11.7. The molecule has 2 heterocycles. The van der Waals surface area contributed by atoms with Crippen molar-refractivity contribution in [3.8, 4) is 0 Å². The molecule has 2 aliphatic rings. The first kappa shape index (κ1) is 17.9. The summed E-state index contributed by atoms with van der Waals surface area (Å²) in [6.45, 7) is -1.88.